The summed E-state index contributed by atoms with van der Waals surface area (Å²) in [5.41, 5.74) is 0. The third-order valence-electron chi connectivity index (χ3n) is 2.47. The summed E-state index contributed by atoms with van der Waals surface area (Å²) in [6.07, 6.45) is 0.731. The van der Waals surface area contributed by atoms with E-state index >= 15 is 0 Å². The second-order valence-electron chi connectivity index (χ2n) is 3.98. The molecule has 0 aliphatic heterocycles. The predicted molar refractivity (Wildman–Crippen MR) is 65.5 cm³/mol. The van der Waals surface area contributed by atoms with Gasteiger partial charge < -0.3 is 14.6 Å². The summed E-state index contributed by atoms with van der Waals surface area (Å²) in [5, 5.41) is 8.95. The fraction of sp³-hybridized carbons (Fsp3) is 1.00. The van der Waals surface area contributed by atoms with Crippen LogP contribution >= 0.6 is 0 Å². The van der Waals surface area contributed by atoms with Crippen LogP contribution in [0.1, 0.15) is 34.1 Å². The van der Waals surface area contributed by atoms with Crippen molar-refractivity contribution in [1.82, 2.24) is 4.90 Å². The highest BCUT2D eigenvalue weighted by Crippen LogP contribution is 2.05. The third kappa shape index (κ3) is 7.17. The molecular formula is C12H27NO3. The monoisotopic (exact) mass is 233 g/mol. The molecule has 0 aromatic carbocycles. The molecule has 4 heteroatoms. The van der Waals surface area contributed by atoms with Crippen LogP contribution in [-0.4, -0.2) is 55.2 Å². The summed E-state index contributed by atoms with van der Waals surface area (Å²) < 4.78 is 11.0. The molecule has 0 aromatic heterocycles. The molecule has 16 heavy (non-hydrogen) atoms. The Kier molecular flexibility index (Phi) is 9.92. The Morgan fingerprint density at radius 3 is 2.00 bits per heavy atom. The minimum absolute atomic E-state index is 0.116. The molecule has 0 atom stereocenters. The Labute approximate surface area is 99.5 Å². The van der Waals surface area contributed by atoms with Gasteiger partial charge in [-0.15, -0.1) is 0 Å². The van der Waals surface area contributed by atoms with Crippen molar-refractivity contribution in [3.05, 3.63) is 0 Å². The van der Waals surface area contributed by atoms with Crippen LogP contribution in [0.25, 0.3) is 0 Å². The second-order valence-corrected chi connectivity index (χ2v) is 3.98. The van der Waals surface area contributed by atoms with Gasteiger partial charge in [0.05, 0.1) is 6.61 Å². The van der Waals surface area contributed by atoms with E-state index < -0.39 is 0 Å². The first-order chi connectivity index (χ1) is 7.65. The van der Waals surface area contributed by atoms with Gasteiger partial charge in [0, 0.05) is 38.8 Å². The zero-order chi connectivity index (χ0) is 12.4. The van der Waals surface area contributed by atoms with Gasteiger partial charge in [-0.1, -0.05) is 0 Å². The molecule has 0 heterocycles. The van der Waals surface area contributed by atoms with E-state index in [1.54, 1.807) is 0 Å². The predicted octanol–water partition coefficient (Wildman–Crippen LogP) is 1.48. The number of aliphatic hydroxyl groups is 1. The average Bonchev–Trinajstić information content (AvgIpc) is 2.24. The van der Waals surface area contributed by atoms with Crippen LogP contribution in [0.2, 0.25) is 0 Å². The van der Waals surface area contributed by atoms with Crippen LogP contribution in [0.5, 0.6) is 0 Å². The van der Waals surface area contributed by atoms with Gasteiger partial charge in [0.1, 0.15) is 0 Å². The van der Waals surface area contributed by atoms with Crippen LogP contribution in [0, 0.1) is 0 Å². The van der Waals surface area contributed by atoms with Gasteiger partial charge in [0.15, 0.2) is 6.29 Å². The lowest BCUT2D eigenvalue weighted by Crippen LogP contribution is -2.36. The van der Waals surface area contributed by atoms with Crippen molar-refractivity contribution in [3.8, 4) is 0 Å². The summed E-state index contributed by atoms with van der Waals surface area (Å²) in [6, 6.07) is 0.441. The Bertz CT molecular complexity index is 147. The molecule has 0 aliphatic rings. The fourth-order valence-electron chi connectivity index (χ4n) is 1.61. The minimum Gasteiger partial charge on any atom is -0.395 e. The summed E-state index contributed by atoms with van der Waals surface area (Å²) in [5.74, 6) is 0. The normalized spacial score (nSPS) is 12.0. The van der Waals surface area contributed by atoms with Crippen LogP contribution in [0.3, 0.4) is 0 Å². The molecule has 1 N–H and O–H groups in total. The average molecular weight is 233 g/mol. The largest absolute Gasteiger partial charge is 0.395 e. The van der Waals surface area contributed by atoms with Gasteiger partial charge in [-0.3, -0.25) is 4.90 Å². The molecular weight excluding hydrogens is 206 g/mol. The summed E-state index contributed by atoms with van der Waals surface area (Å²) in [4.78, 5) is 2.23. The first-order valence-corrected chi connectivity index (χ1v) is 6.23. The van der Waals surface area contributed by atoms with Gasteiger partial charge in [-0.05, 0) is 27.7 Å². The maximum Gasteiger partial charge on any atom is 0.158 e. The highest BCUT2D eigenvalue weighted by molar-refractivity contribution is 4.63. The first kappa shape index (κ1) is 15.8. The van der Waals surface area contributed by atoms with E-state index in [0.29, 0.717) is 25.8 Å². The molecule has 0 saturated carbocycles. The van der Waals surface area contributed by atoms with Crippen LogP contribution in [-0.2, 0) is 9.47 Å². The second kappa shape index (κ2) is 10.0. The molecule has 0 rings (SSSR count). The van der Waals surface area contributed by atoms with Crippen molar-refractivity contribution in [3.63, 3.8) is 0 Å². The van der Waals surface area contributed by atoms with E-state index in [9.17, 15) is 0 Å². The van der Waals surface area contributed by atoms with E-state index in [1.165, 1.54) is 0 Å². The molecule has 0 saturated heterocycles. The Hall–Kier alpha value is -0.160. The van der Waals surface area contributed by atoms with Crippen molar-refractivity contribution in [2.75, 3.05) is 32.9 Å². The molecule has 0 fully saturated rings. The molecule has 0 bridgehead atoms. The Morgan fingerprint density at radius 2 is 1.62 bits per heavy atom. The molecule has 4 nitrogen and oxygen atoms in total. The lowest BCUT2D eigenvalue weighted by atomic mass is 10.3. The van der Waals surface area contributed by atoms with E-state index in [0.717, 1.165) is 13.0 Å². The topological polar surface area (TPSA) is 41.9 Å². The van der Waals surface area contributed by atoms with E-state index in [1.807, 2.05) is 13.8 Å². The lowest BCUT2D eigenvalue weighted by molar-refractivity contribution is -0.142. The van der Waals surface area contributed by atoms with Crippen LogP contribution in [0.4, 0.5) is 0 Å². The smallest absolute Gasteiger partial charge is 0.158 e. The van der Waals surface area contributed by atoms with Crippen molar-refractivity contribution in [2.24, 2.45) is 0 Å². The van der Waals surface area contributed by atoms with Crippen molar-refractivity contribution in [1.29, 1.82) is 0 Å². The van der Waals surface area contributed by atoms with Gasteiger partial charge >= 0.3 is 0 Å². The zero-order valence-electron chi connectivity index (χ0n) is 11.1. The Morgan fingerprint density at radius 1 is 1.06 bits per heavy atom. The number of rotatable bonds is 10. The zero-order valence-corrected chi connectivity index (χ0v) is 11.1. The highest BCUT2D eigenvalue weighted by Gasteiger charge is 2.13. The van der Waals surface area contributed by atoms with Gasteiger partial charge in [-0.25, -0.2) is 0 Å². The fourth-order valence-corrected chi connectivity index (χ4v) is 1.61. The van der Waals surface area contributed by atoms with Gasteiger partial charge in [0.2, 0.25) is 0 Å². The van der Waals surface area contributed by atoms with E-state index in [2.05, 4.69) is 18.7 Å². The van der Waals surface area contributed by atoms with Crippen molar-refractivity contribution >= 4 is 0 Å². The standard InChI is InChI=1S/C12H27NO3/c1-5-15-12(16-6-2)7-8-13(9-10-14)11(3)4/h11-12,14H,5-10H2,1-4H3. The molecule has 0 aliphatic carbocycles. The molecule has 0 amide bonds. The van der Waals surface area contributed by atoms with Crippen LogP contribution < -0.4 is 0 Å². The van der Waals surface area contributed by atoms with E-state index in [4.69, 9.17) is 14.6 Å². The number of aliphatic hydroxyl groups excluding tert-OH is 1. The summed E-state index contributed by atoms with van der Waals surface area (Å²) >= 11 is 0. The highest BCUT2D eigenvalue weighted by atomic mass is 16.7. The van der Waals surface area contributed by atoms with Crippen molar-refractivity contribution < 1.29 is 14.6 Å². The van der Waals surface area contributed by atoms with E-state index in [-0.39, 0.29) is 12.9 Å². The quantitative estimate of drug-likeness (QED) is 0.580. The molecule has 0 unspecified atom stereocenters. The number of hydrogen-bond donors (Lipinski definition) is 1. The lowest BCUT2D eigenvalue weighted by Gasteiger charge is -2.27. The molecule has 0 spiro atoms. The molecule has 98 valence electrons. The number of hydrogen-bond acceptors (Lipinski definition) is 4. The first-order valence-electron chi connectivity index (χ1n) is 6.23. The molecule has 0 radical (unpaired) electrons. The van der Waals surface area contributed by atoms with Gasteiger partial charge in [0.25, 0.3) is 0 Å². The third-order valence-corrected chi connectivity index (χ3v) is 2.47. The van der Waals surface area contributed by atoms with Crippen molar-refractivity contribution in [2.45, 2.75) is 46.4 Å². The molecule has 0 aromatic rings. The summed E-state index contributed by atoms with van der Waals surface area (Å²) in [7, 11) is 0. The number of nitrogens with zero attached hydrogens (tertiary/aromatic N) is 1. The minimum atomic E-state index is -0.116. The van der Waals surface area contributed by atoms with Gasteiger partial charge in [-0.2, -0.15) is 0 Å². The maximum absolute atomic E-state index is 8.95. The SMILES string of the molecule is CCOC(CCN(CCO)C(C)C)OCC. The Balaban J connectivity index is 3.93. The van der Waals surface area contributed by atoms with Crippen LogP contribution in [0.15, 0.2) is 0 Å². The summed E-state index contributed by atoms with van der Waals surface area (Å²) in [6.45, 7) is 11.4. The number of ether oxygens (including phenoxy) is 2. The maximum atomic E-state index is 8.95.